The van der Waals surface area contributed by atoms with E-state index >= 15 is 0 Å². The number of guanidine groups is 1. The molecule has 1 aliphatic rings. The summed E-state index contributed by atoms with van der Waals surface area (Å²) in [6.07, 6.45) is -1.48. The molecule has 2 aromatic heterocycles. The summed E-state index contributed by atoms with van der Waals surface area (Å²) in [5.41, 5.74) is -0.786. The first-order chi connectivity index (χ1) is 14.4. The number of anilines is 1. The van der Waals surface area contributed by atoms with Crippen molar-refractivity contribution in [3.63, 3.8) is 0 Å². The highest BCUT2D eigenvalue weighted by atomic mass is 127. The highest BCUT2D eigenvalue weighted by Gasteiger charge is 2.33. The van der Waals surface area contributed by atoms with Crippen LogP contribution in [0.15, 0.2) is 23.3 Å². The monoisotopic (exact) mass is 554 g/mol. The molecule has 3 rings (SSSR count). The maximum atomic E-state index is 13.0. The molecule has 1 unspecified atom stereocenters. The van der Waals surface area contributed by atoms with Gasteiger partial charge >= 0.3 is 6.18 Å². The van der Waals surface area contributed by atoms with Gasteiger partial charge in [0.15, 0.2) is 11.8 Å². The van der Waals surface area contributed by atoms with Gasteiger partial charge in [-0.3, -0.25) is 4.99 Å². The molecular formula is C18H26F3IN8O. The van der Waals surface area contributed by atoms with Crippen molar-refractivity contribution in [2.45, 2.75) is 38.2 Å². The molecule has 0 fully saturated rings. The van der Waals surface area contributed by atoms with Gasteiger partial charge in [0, 0.05) is 45.9 Å². The van der Waals surface area contributed by atoms with Crippen LogP contribution in [-0.2, 0) is 30.5 Å². The van der Waals surface area contributed by atoms with Crippen LogP contribution in [0.3, 0.4) is 0 Å². The largest absolute Gasteiger partial charge is 0.419 e. The normalized spacial score (nSPS) is 16.3. The van der Waals surface area contributed by atoms with E-state index in [9.17, 15) is 13.2 Å². The molecule has 0 radical (unpaired) electrons. The number of nitrogens with one attached hydrogen (secondary N) is 3. The number of methoxy groups -OCH3 is 1. The van der Waals surface area contributed by atoms with E-state index in [2.05, 4.69) is 36.0 Å². The minimum atomic E-state index is -4.45. The maximum Gasteiger partial charge on any atom is 0.419 e. The Balaban J connectivity index is 0.00000341. The Hall–Kier alpha value is -2.16. The maximum absolute atomic E-state index is 13.0. The zero-order valence-electron chi connectivity index (χ0n) is 17.2. The molecule has 0 bridgehead atoms. The lowest BCUT2D eigenvalue weighted by Gasteiger charge is -2.25. The van der Waals surface area contributed by atoms with Crippen molar-refractivity contribution in [3.05, 3.63) is 35.5 Å². The molecule has 31 heavy (non-hydrogen) atoms. The number of alkyl halides is 3. The van der Waals surface area contributed by atoms with E-state index < -0.39 is 11.7 Å². The number of halogens is 4. The summed E-state index contributed by atoms with van der Waals surface area (Å²) in [4.78, 5) is 12.4. The van der Waals surface area contributed by atoms with Crippen molar-refractivity contribution in [2.24, 2.45) is 4.99 Å². The Kier molecular flexibility index (Phi) is 9.28. The molecule has 13 heteroatoms. The van der Waals surface area contributed by atoms with E-state index in [0.29, 0.717) is 31.5 Å². The summed E-state index contributed by atoms with van der Waals surface area (Å²) in [6.45, 7) is 1.64. The van der Waals surface area contributed by atoms with Crippen LogP contribution in [0.2, 0.25) is 0 Å². The zero-order valence-corrected chi connectivity index (χ0v) is 19.6. The summed E-state index contributed by atoms with van der Waals surface area (Å²) in [7, 11) is 3.25. The molecule has 0 aromatic carbocycles. The minimum Gasteiger partial charge on any atom is -0.377 e. The molecule has 0 aliphatic carbocycles. The second-order valence-corrected chi connectivity index (χ2v) is 6.76. The zero-order chi connectivity index (χ0) is 21.6. The summed E-state index contributed by atoms with van der Waals surface area (Å²) in [5.74, 6) is 1.98. The number of aromatic nitrogens is 4. The first-order valence-electron chi connectivity index (χ1n) is 9.55. The van der Waals surface area contributed by atoms with Gasteiger partial charge < -0.3 is 20.7 Å². The van der Waals surface area contributed by atoms with Crippen molar-refractivity contribution >= 4 is 35.8 Å². The summed E-state index contributed by atoms with van der Waals surface area (Å²) in [5, 5.41) is 13.6. The third-order valence-corrected chi connectivity index (χ3v) is 4.56. The van der Waals surface area contributed by atoms with Crippen LogP contribution in [-0.4, -0.2) is 59.0 Å². The predicted molar refractivity (Wildman–Crippen MR) is 120 cm³/mol. The fourth-order valence-electron chi connectivity index (χ4n) is 3.19. The van der Waals surface area contributed by atoms with Crippen LogP contribution in [0, 0.1) is 0 Å². The summed E-state index contributed by atoms with van der Waals surface area (Å²) < 4.78 is 46.0. The third-order valence-electron chi connectivity index (χ3n) is 4.56. The van der Waals surface area contributed by atoms with Crippen molar-refractivity contribution in [2.75, 3.05) is 32.6 Å². The molecule has 0 amide bonds. The van der Waals surface area contributed by atoms with Crippen LogP contribution in [0.5, 0.6) is 0 Å². The predicted octanol–water partition coefficient (Wildman–Crippen LogP) is 2.05. The minimum absolute atomic E-state index is 0. The quantitative estimate of drug-likeness (QED) is 0.209. The number of nitrogens with zero attached hydrogens (tertiary/aromatic N) is 5. The molecule has 3 heterocycles. The molecule has 0 saturated carbocycles. The van der Waals surface area contributed by atoms with Gasteiger partial charge in [0.05, 0.1) is 12.1 Å². The fourth-order valence-corrected chi connectivity index (χ4v) is 3.19. The molecule has 2 aromatic rings. The Labute approximate surface area is 195 Å². The number of hydrogen-bond acceptors (Lipinski definition) is 6. The first-order valence-corrected chi connectivity index (χ1v) is 9.55. The molecule has 9 nitrogen and oxygen atoms in total. The lowest BCUT2D eigenvalue weighted by Crippen LogP contribution is -2.48. The van der Waals surface area contributed by atoms with Gasteiger partial charge in [-0.25, -0.2) is 14.6 Å². The number of aryl methyl sites for hydroxylation is 1. The lowest BCUT2D eigenvalue weighted by atomic mass is 10.1. The van der Waals surface area contributed by atoms with E-state index in [4.69, 9.17) is 4.74 Å². The van der Waals surface area contributed by atoms with Gasteiger partial charge in [-0.2, -0.15) is 18.3 Å². The SMILES string of the molecule is CN=C(NCCNc1ncccc1C(F)(F)F)NC1CCc2nc(COC)nn2C1.I. The van der Waals surface area contributed by atoms with Crippen LogP contribution in [0.4, 0.5) is 19.0 Å². The lowest BCUT2D eigenvalue weighted by molar-refractivity contribution is -0.137. The summed E-state index contributed by atoms with van der Waals surface area (Å²) in [6, 6.07) is 2.38. The number of pyridine rings is 1. The topological polar surface area (TPSA) is 101 Å². The van der Waals surface area contributed by atoms with Crippen molar-refractivity contribution < 1.29 is 17.9 Å². The Morgan fingerprint density at radius 3 is 2.87 bits per heavy atom. The Morgan fingerprint density at radius 2 is 2.16 bits per heavy atom. The van der Waals surface area contributed by atoms with Crippen molar-refractivity contribution in [3.8, 4) is 0 Å². The molecule has 1 aliphatic heterocycles. The molecule has 3 N–H and O–H groups in total. The Bertz CT molecular complexity index is 874. The third kappa shape index (κ3) is 6.92. The van der Waals surface area contributed by atoms with Crippen molar-refractivity contribution in [1.82, 2.24) is 30.4 Å². The first kappa shape index (κ1) is 25.1. The molecular weight excluding hydrogens is 528 g/mol. The van der Waals surface area contributed by atoms with Crippen molar-refractivity contribution in [1.29, 1.82) is 0 Å². The fraction of sp³-hybridized carbons (Fsp3) is 0.556. The highest BCUT2D eigenvalue weighted by Crippen LogP contribution is 2.33. The van der Waals surface area contributed by atoms with Gasteiger partial charge in [0.25, 0.3) is 0 Å². The van der Waals surface area contributed by atoms with Crippen LogP contribution >= 0.6 is 24.0 Å². The Morgan fingerprint density at radius 1 is 1.35 bits per heavy atom. The van der Waals surface area contributed by atoms with E-state index in [1.807, 2.05) is 4.68 Å². The second kappa shape index (κ2) is 11.5. The molecule has 0 spiro atoms. The smallest absolute Gasteiger partial charge is 0.377 e. The highest BCUT2D eigenvalue weighted by molar-refractivity contribution is 14.0. The van der Waals surface area contributed by atoms with E-state index in [1.54, 1.807) is 14.2 Å². The average molecular weight is 554 g/mol. The van der Waals surface area contributed by atoms with E-state index in [1.165, 1.54) is 12.3 Å². The van der Waals surface area contributed by atoms with Gasteiger partial charge in [0.2, 0.25) is 0 Å². The van der Waals surface area contributed by atoms with Crippen LogP contribution < -0.4 is 16.0 Å². The number of rotatable bonds is 7. The van der Waals surface area contributed by atoms with E-state index in [0.717, 1.165) is 24.7 Å². The number of hydrogen-bond donors (Lipinski definition) is 3. The number of ether oxygens (including phenoxy) is 1. The van der Waals surface area contributed by atoms with Crippen LogP contribution in [0.25, 0.3) is 0 Å². The van der Waals surface area contributed by atoms with Gasteiger partial charge in [0.1, 0.15) is 18.2 Å². The second-order valence-electron chi connectivity index (χ2n) is 6.76. The molecule has 0 saturated heterocycles. The molecule has 1 atom stereocenters. The van der Waals surface area contributed by atoms with Gasteiger partial charge in [-0.05, 0) is 18.6 Å². The number of aliphatic imine (C=N–C) groups is 1. The van der Waals surface area contributed by atoms with Crippen LogP contribution in [0.1, 0.15) is 23.6 Å². The van der Waals surface area contributed by atoms with Gasteiger partial charge in [-0.15, -0.1) is 24.0 Å². The summed E-state index contributed by atoms with van der Waals surface area (Å²) >= 11 is 0. The van der Waals surface area contributed by atoms with E-state index in [-0.39, 0.29) is 42.4 Å². The standard InChI is InChI=1S/C18H25F3N8O.HI/c1-22-17(25-9-8-24-16-13(18(19,20)21)4-3-7-23-16)26-12-5-6-15-27-14(11-30-2)28-29(15)10-12;/h3-4,7,12H,5-6,8-11H2,1-2H3,(H,23,24)(H2,22,25,26);1H. The molecule has 172 valence electrons. The number of fused-ring (bicyclic) bond motifs is 1. The average Bonchev–Trinajstić information content (AvgIpc) is 3.11. The van der Waals surface area contributed by atoms with Gasteiger partial charge in [-0.1, -0.05) is 0 Å².